The largest absolute Gasteiger partial charge is 0.396 e. The predicted octanol–water partition coefficient (Wildman–Crippen LogP) is 2.08. The lowest BCUT2D eigenvalue weighted by atomic mass is 10.1. The topological polar surface area (TPSA) is 64.4 Å². The predicted molar refractivity (Wildman–Crippen MR) is 69.8 cm³/mol. The summed E-state index contributed by atoms with van der Waals surface area (Å²) in [5, 5.41) is 2.76. The SMILES string of the molecule is Nc1cc(C(=O)NCC2CCCO2)c(Br)cc1F. The van der Waals surface area contributed by atoms with Gasteiger partial charge in [0.1, 0.15) is 5.82 Å². The zero-order valence-corrected chi connectivity index (χ0v) is 11.3. The zero-order valence-electron chi connectivity index (χ0n) is 9.71. The summed E-state index contributed by atoms with van der Waals surface area (Å²) >= 11 is 3.15. The lowest BCUT2D eigenvalue weighted by molar-refractivity contribution is 0.0857. The molecule has 1 heterocycles. The molecular formula is C12H14BrFN2O2. The first kappa shape index (κ1) is 13.3. The van der Waals surface area contributed by atoms with Gasteiger partial charge in [0.05, 0.1) is 17.4 Å². The van der Waals surface area contributed by atoms with Crippen LogP contribution in [-0.4, -0.2) is 25.2 Å². The molecule has 0 saturated carbocycles. The summed E-state index contributed by atoms with van der Waals surface area (Å²) in [5.74, 6) is -0.832. The van der Waals surface area contributed by atoms with Crippen molar-refractivity contribution >= 4 is 27.5 Å². The lowest BCUT2D eigenvalue weighted by Gasteiger charge is -2.12. The molecule has 98 valence electrons. The number of nitrogen functional groups attached to an aromatic ring is 1. The van der Waals surface area contributed by atoms with Crippen LogP contribution in [0, 0.1) is 5.82 Å². The van der Waals surface area contributed by atoms with Crippen molar-refractivity contribution in [2.45, 2.75) is 18.9 Å². The average molecular weight is 317 g/mol. The van der Waals surface area contributed by atoms with E-state index in [1.807, 2.05) is 0 Å². The first-order valence-electron chi connectivity index (χ1n) is 5.72. The number of carbonyl (C=O) groups excluding carboxylic acids is 1. The molecule has 0 radical (unpaired) electrons. The van der Waals surface area contributed by atoms with Gasteiger partial charge in [-0.2, -0.15) is 0 Å². The maximum Gasteiger partial charge on any atom is 0.252 e. The van der Waals surface area contributed by atoms with Crippen LogP contribution in [0.25, 0.3) is 0 Å². The summed E-state index contributed by atoms with van der Waals surface area (Å²) < 4.78 is 18.9. The van der Waals surface area contributed by atoms with E-state index in [0.717, 1.165) is 19.4 Å². The fourth-order valence-electron chi connectivity index (χ4n) is 1.85. The molecule has 1 saturated heterocycles. The molecule has 0 aromatic heterocycles. The molecule has 0 bridgehead atoms. The van der Waals surface area contributed by atoms with Crippen LogP contribution >= 0.6 is 15.9 Å². The standard InChI is InChI=1S/C12H14BrFN2O2/c13-9-5-10(14)11(15)4-8(9)12(17)16-6-7-2-1-3-18-7/h4-5,7H,1-3,6,15H2,(H,16,17). The fourth-order valence-corrected chi connectivity index (χ4v) is 2.34. The van der Waals surface area contributed by atoms with Crippen molar-refractivity contribution in [2.75, 3.05) is 18.9 Å². The number of halogens is 2. The van der Waals surface area contributed by atoms with Crippen LogP contribution < -0.4 is 11.1 Å². The van der Waals surface area contributed by atoms with Crippen molar-refractivity contribution in [1.82, 2.24) is 5.32 Å². The summed E-state index contributed by atoms with van der Waals surface area (Å²) in [6.07, 6.45) is 2.05. The Labute approximate surface area is 113 Å². The van der Waals surface area contributed by atoms with Gasteiger partial charge in [-0.05, 0) is 40.9 Å². The highest BCUT2D eigenvalue weighted by atomic mass is 79.9. The molecular weight excluding hydrogens is 303 g/mol. The van der Waals surface area contributed by atoms with Crippen LogP contribution in [0.2, 0.25) is 0 Å². The number of carbonyl (C=O) groups is 1. The van der Waals surface area contributed by atoms with E-state index in [0.29, 0.717) is 16.6 Å². The van der Waals surface area contributed by atoms with Crippen molar-refractivity contribution in [2.24, 2.45) is 0 Å². The van der Waals surface area contributed by atoms with Crippen LogP contribution in [0.1, 0.15) is 23.2 Å². The fraction of sp³-hybridized carbons (Fsp3) is 0.417. The van der Waals surface area contributed by atoms with Gasteiger partial charge in [-0.3, -0.25) is 4.79 Å². The van der Waals surface area contributed by atoms with E-state index in [2.05, 4.69) is 21.2 Å². The van der Waals surface area contributed by atoms with E-state index in [1.54, 1.807) is 0 Å². The summed E-state index contributed by atoms with van der Waals surface area (Å²) in [6.45, 7) is 1.20. The van der Waals surface area contributed by atoms with Gasteiger partial charge in [-0.25, -0.2) is 4.39 Å². The van der Waals surface area contributed by atoms with Gasteiger partial charge in [0, 0.05) is 17.6 Å². The highest BCUT2D eigenvalue weighted by molar-refractivity contribution is 9.10. The molecule has 1 unspecified atom stereocenters. The summed E-state index contributed by atoms with van der Waals surface area (Å²) in [5.41, 5.74) is 5.73. The molecule has 0 aliphatic carbocycles. The molecule has 1 aromatic rings. The van der Waals surface area contributed by atoms with Gasteiger partial charge < -0.3 is 15.8 Å². The Hall–Kier alpha value is -1.14. The van der Waals surface area contributed by atoms with Crippen molar-refractivity contribution in [3.63, 3.8) is 0 Å². The zero-order chi connectivity index (χ0) is 13.1. The second-order valence-corrected chi connectivity index (χ2v) is 5.05. The molecule has 1 fully saturated rings. The molecule has 1 aromatic carbocycles. The van der Waals surface area contributed by atoms with Gasteiger partial charge in [0.15, 0.2) is 0 Å². The van der Waals surface area contributed by atoms with E-state index in [4.69, 9.17) is 10.5 Å². The highest BCUT2D eigenvalue weighted by Gasteiger charge is 2.18. The second-order valence-electron chi connectivity index (χ2n) is 4.20. The number of nitrogens with two attached hydrogens (primary N) is 1. The van der Waals surface area contributed by atoms with E-state index >= 15 is 0 Å². The third kappa shape index (κ3) is 3.00. The molecule has 1 amide bonds. The molecule has 4 nitrogen and oxygen atoms in total. The maximum atomic E-state index is 13.1. The third-order valence-electron chi connectivity index (χ3n) is 2.85. The molecule has 1 atom stereocenters. The minimum atomic E-state index is -0.544. The molecule has 0 spiro atoms. The van der Waals surface area contributed by atoms with E-state index in [1.165, 1.54) is 12.1 Å². The smallest absolute Gasteiger partial charge is 0.252 e. The molecule has 1 aliphatic rings. The molecule has 1 aliphatic heterocycles. The lowest BCUT2D eigenvalue weighted by Crippen LogP contribution is -2.32. The second kappa shape index (κ2) is 5.67. The van der Waals surface area contributed by atoms with Gasteiger partial charge in [0.2, 0.25) is 0 Å². The van der Waals surface area contributed by atoms with Gasteiger partial charge in [-0.1, -0.05) is 0 Å². The Morgan fingerprint density at radius 1 is 1.61 bits per heavy atom. The molecule has 6 heteroatoms. The number of nitrogens with one attached hydrogen (secondary N) is 1. The van der Waals surface area contributed by atoms with Crippen molar-refractivity contribution in [3.05, 3.63) is 28.0 Å². The van der Waals surface area contributed by atoms with Gasteiger partial charge >= 0.3 is 0 Å². The summed E-state index contributed by atoms with van der Waals surface area (Å²) in [4.78, 5) is 11.9. The minimum Gasteiger partial charge on any atom is -0.396 e. The van der Waals surface area contributed by atoms with E-state index < -0.39 is 5.82 Å². The van der Waals surface area contributed by atoms with E-state index in [9.17, 15) is 9.18 Å². The number of amides is 1. The van der Waals surface area contributed by atoms with Crippen LogP contribution in [0.15, 0.2) is 16.6 Å². The molecule has 18 heavy (non-hydrogen) atoms. The van der Waals surface area contributed by atoms with Gasteiger partial charge in [0.25, 0.3) is 5.91 Å². The first-order chi connectivity index (χ1) is 8.58. The van der Waals surface area contributed by atoms with Crippen molar-refractivity contribution in [1.29, 1.82) is 0 Å². The summed E-state index contributed by atoms with van der Waals surface area (Å²) in [7, 11) is 0. The van der Waals surface area contributed by atoms with E-state index in [-0.39, 0.29) is 17.7 Å². The van der Waals surface area contributed by atoms with Crippen LogP contribution in [-0.2, 0) is 4.74 Å². The average Bonchev–Trinajstić information content (AvgIpc) is 2.84. The quantitative estimate of drug-likeness (QED) is 0.839. The number of benzene rings is 1. The van der Waals surface area contributed by atoms with Crippen LogP contribution in [0.4, 0.5) is 10.1 Å². The molecule has 3 N–H and O–H groups in total. The Balaban J connectivity index is 2.01. The number of anilines is 1. The Kier molecular flexibility index (Phi) is 4.19. The highest BCUT2D eigenvalue weighted by Crippen LogP contribution is 2.22. The Morgan fingerprint density at radius 2 is 2.39 bits per heavy atom. The number of rotatable bonds is 3. The Bertz CT molecular complexity index is 462. The maximum absolute atomic E-state index is 13.1. The minimum absolute atomic E-state index is 0.0412. The molecule has 2 rings (SSSR count). The number of hydrogen-bond donors (Lipinski definition) is 2. The monoisotopic (exact) mass is 316 g/mol. The number of hydrogen-bond acceptors (Lipinski definition) is 3. The summed E-state index contributed by atoms with van der Waals surface area (Å²) in [6, 6.07) is 2.51. The first-order valence-corrected chi connectivity index (χ1v) is 6.51. The van der Waals surface area contributed by atoms with Crippen LogP contribution in [0.5, 0.6) is 0 Å². The van der Waals surface area contributed by atoms with Crippen molar-refractivity contribution in [3.8, 4) is 0 Å². The Morgan fingerprint density at radius 3 is 3.06 bits per heavy atom. The third-order valence-corrected chi connectivity index (χ3v) is 3.50. The normalized spacial score (nSPS) is 18.9. The van der Waals surface area contributed by atoms with Crippen molar-refractivity contribution < 1.29 is 13.9 Å². The number of ether oxygens (including phenoxy) is 1. The van der Waals surface area contributed by atoms with Crippen LogP contribution in [0.3, 0.4) is 0 Å². The van der Waals surface area contributed by atoms with Gasteiger partial charge in [-0.15, -0.1) is 0 Å².